The predicted molar refractivity (Wildman–Crippen MR) is 57.5 cm³/mol. The zero-order chi connectivity index (χ0) is 10.7. The molecule has 4 heteroatoms. The van der Waals surface area contributed by atoms with Crippen LogP contribution in [0.4, 0.5) is 0 Å². The first-order chi connectivity index (χ1) is 7.31. The molecule has 2 fully saturated rings. The third kappa shape index (κ3) is 2.49. The molecule has 0 radical (unpaired) electrons. The summed E-state index contributed by atoms with van der Waals surface area (Å²) in [6.07, 6.45) is 1.10. The highest BCUT2D eigenvalue weighted by atomic mass is 16.5. The highest BCUT2D eigenvalue weighted by Crippen LogP contribution is 2.16. The molecule has 2 heterocycles. The van der Waals surface area contributed by atoms with Gasteiger partial charge in [0.1, 0.15) is 0 Å². The van der Waals surface area contributed by atoms with Gasteiger partial charge in [-0.3, -0.25) is 4.79 Å². The van der Waals surface area contributed by atoms with Crippen LogP contribution in [0, 0.1) is 11.8 Å². The van der Waals surface area contributed by atoms with Crippen LogP contribution in [0.1, 0.15) is 13.3 Å². The third-order valence-electron chi connectivity index (χ3n) is 3.33. The minimum absolute atomic E-state index is 0.229. The third-order valence-corrected chi connectivity index (χ3v) is 3.33. The van der Waals surface area contributed by atoms with E-state index in [9.17, 15) is 4.79 Å². The summed E-state index contributed by atoms with van der Waals surface area (Å²) in [5, 5.41) is 3.14. The summed E-state index contributed by atoms with van der Waals surface area (Å²) in [5.41, 5.74) is 0. The van der Waals surface area contributed by atoms with E-state index in [2.05, 4.69) is 12.2 Å². The van der Waals surface area contributed by atoms with Gasteiger partial charge >= 0.3 is 0 Å². The lowest BCUT2D eigenvalue weighted by Gasteiger charge is -2.33. The van der Waals surface area contributed by atoms with Crippen molar-refractivity contribution >= 4 is 5.91 Å². The van der Waals surface area contributed by atoms with Crippen LogP contribution < -0.4 is 5.32 Å². The van der Waals surface area contributed by atoms with Gasteiger partial charge in [0.05, 0.1) is 12.5 Å². The Balaban J connectivity index is 1.82. The molecule has 86 valence electrons. The lowest BCUT2D eigenvalue weighted by Crippen LogP contribution is -2.52. The average molecular weight is 212 g/mol. The molecule has 15 heavy (non-hydrogen) atoms. The fraction of sp³-hybridized carbons (Fsp3) is 0.909. The van der Waals surface area contributed by atoms with Crippen LogP contribution in [0.3, 0.4) is 0 Å². The molecule has 2 aliphatic rings. The zero-order valence-corrected chi connectivity index (χ0v) is 9.37. The van der Waals surface area contributed by atoms with Gasteiger partial charge in [-0.15, -0.1) is 0 Å². The second-order valence-corrected chi connectivity index (χ2v) is 4.46. The van der Waals surface area contributed by atoms with Crippen molar-refractivity contribution in [2.75, 3.05) is 39.4 Å². The summed E-state index contributed by atoms with van der Waals surface area (Å²) in [6.45, 7) is 7.17. The molecule has 2 rings (SSSR count). The van der Waals surface area contributed by atoms with Gasteiger partial charge in [-0.05, 0) is 13.3 Å². The number of ether oxygens (including phenoxy) is 1. The van der Waals surface area contributed by atoms with Gasteiger partial charge in [-0.1, -0.05) is 0 Å². The van der Waals surface area contributed by atoms with Crippen LogP contribution >= 0.6 is 0 Å². The predicted octanol–water partition coefficient (Wildman–Crippen LogP) is 0.0908. The highest BCUT2D eigenvalue weighted by Gasteiger charge is 2.30. The first kappa shape index (κ1) is 10.9. The van der Waals surface area contributed by atoms with Gasteiger partial charge < -0.3 is 15.0 Å². The molecule has 0 saturated carbocycles. The molecule has 0 aromatic carbocycles. The summed E-state index contributed by atoms with van der Waals surface area (Å²) in [7, 11) is 0. The van der Waals surface area contributed by atoms with Gasteiger partial charge in [-0.2, -0.15) is 0 Å². The summed E-state index contributed by atoms with van der Waals surface area (Å²) < 4.78 is 5.33. The molecule has 0 aromatic heterocycles. The Labute approximate surface area is 91.0 Å². The van der Waals surface area contributed by atoms with Gasteiger partial charge in [0.25, 0.3) is 0 Å². The van der Waals surface area contributed by atoms with Crippen LogP contribution in [-0.4, -0.2) is 50.2 Å². The fourth-order valence-corrected chi connectivity index (χ4v) is 2.14. The molecule has 4 nitrogen and oxygen atoms in total. The molecule has 0 aliphatic carbocycles. The standard InChI is InChI=1S/C11H20N2O2/c1-2-13(7-9-3-4-15-8-9)11(14)10-5-12-6-10/h9-10,12H,2-8H2,1H3. The Morgan fingerprint density at radius 2 is 2.33 bits per heavy atom. The number of hydrogen-bond donors (Lipinski definition) is 1. The average Bonchev–Trinajstić information content (AvgIpc) is 2.63. The number of carbonyl (C=O) groups excluding carboxylic acids is 1. The molecule has 0 aromatic rings. The number of hydrogen-bond acceptors (Lipinski definition) is 3. The zero-order valence-electron chi connectivity index (χ0n) is 9.37. The lowest BCUT2D eigenvalue weighted by molar-refractivity contribution is -0.137. The molecule has 0 bridgehead atoms. The van der Waals surface area contributed by atoms with Crippen molar-refractivity contribution in [2.45, 2.75) is 13.3 Å². The molecule has 1 atom stereocenters. The van der Waals surface area contributed by atoms with E-state index in [1.807, 2.05) is 4.90 Å². The Hall–Kier alpha value is -0.610. The van der Waals surface area contributed by atoms with Crippen molar-refractivity contribution < 1.29 is 9.53 Å². The van der Waals surface area contributed by atoms with Gasteiger partial charge in [0, 0.05) is 38.7 Å². The first-order valence-electron chi connectivity index (χ1n) is 5.88. The quantitative estimate of drug-likeness (QED) is 0.718. The van der Waals surface area contributed by atoms with Crippen molar-refractivity contribution in [1.29, 1.82) is 0 Å². The monoisotopic (exact) mass is 212 g/mol. The van der Waals surface area contributed by atoms with Crippen molar-refractivity contribution in [3.63, 3.8) is 0 Å². The summed E-state index contributed by atoms with van der Waals surface area (Å²) >= 11 is 0. The number of amides is 1. The summed E-state index contributed by atoms with van der Waals surface area (Å²) in [4.78, 5) is 14.0. The topological polar surface area (TPSA) is 41.6 Å². The van der Waals surface area contributed by atoms with E-state index in [-0.39, 0.29) is 5.92 Å². The number of carbonyl (C=O) groups is 1. The van der Waals surface area contributed by atoms with Crippen molar-refractivity contribution in [2.24, 2.45) is 11.8 Å². The Kier molecular flexibility index (Phi) is 3.59. The maximum Gasteiger partial charge on any atom is 0.228 e. The summed E-state index contributed by atoms with van der Waals surface area (Å²) in [6, 6.07) is 0. The van der Waals surface area contributed by atoms with Crippen molar-refractivity contribution in [3.05, 3.63) is 0 Å². The lowest BCUT2D eigenvalue weighted by atomic mass is 10.0. The summed E-state index contributed by atoms with van der Waals surface area (Å²) in [5.74, 6) is 1.11. The maximum atomic E-state index is 12.0. The minimum Gasteiger partial charge on any atom is -0.381 e. The van der Waals surface area contributed by atoms with E-state index in [0.29, 0.717) is 11.8 Å². The van der Waals surface area contributed by atoms with E-state index >= 15 is 0 Å². The van der Waals surface area contributed by atoms with E-state index in [4.69, 9.17) is 4.74 Å². The van der Waals surface area contributed by atoms with Crippen LogP contribution in [0.2, 0.25) is 0 Å². The second-order valence-electron chi connectivity index (χ2n) is 4.46. The van der Waals surface area contributed by atoms with E-state index in [0.717, 1.165) is 45.8 Å². The fourth-order valence-electron chi connectivity index (χ4n) is 2.14. The van der Waals surface area contributed by atoms with Crippen LogP contribution in [0.25, 0.3) is 0 Å². The van der Waals surface area contributed by atoms with Gasteiger partial charge in [-0.25, -0.2) is 0 Å². The Morgan fingerprint density at radius 1 is 1.53 bits per heavy atom. The molecular weight excluding hydrogens is 192 g/mol. The van der Waals surface area contributed by atoms with Crippen LogP contribution in [0.15, 0.2) is 0 Å². The SMILES string of the molecule is CCN(CC1CCOC1)C(=O)C1CNC1. The highest BCUT2D eigenvalue weighted by molar-refractivity contribution is 5.80. The molecule has 0 spiro atoms. The Morgan fingerprint density at radius 3 is 2.80 bits per heavy atom. The molecular formula is C11H20N2O2. The molecule has 2 aliphatic heterocycles. The normalized spacial score (nSPS) is 26.3. The van der Waals surface area contributed by atoms with Crippen LogP contribution in [0.5, 0.6) is 0 Å². The number of rotatable bonds is 4. The smallest absolute Gasteiger partial charge is 0.228 e. The second kappa shape index (κ2) is 4.94. The van der Waals surface area contributed by atoms with Gasteiger partial charge in [0.15, 0.2) is 0 Å². The minimum atomic E-state index is 0.229. The van der Waals surface area contributed by atoms with E-state index in [1.165, 1.54) is 0 Å². The van der Waals surface area contributed by atoms with E-state index < -0.39 is 0 Å². The largest absolute Gasteiger partial charge is 0.381 e. The van der Waals surface area contributed by atoms with Crippen LogP contribution in [-0.2, 0) is 9.53 Å². The van der Waals surface area contributed by atoms with Gasteiger partial charge in [0.2, 0.25) is 5.91 Å². The number of nitrogens with zero attached hydrogens (tertiary/aromatic N) is 1. The first-order valence-corrected chi connectivity index (χ1v) is 5.88. The molecule has 2 saturated heterocycles. The van der Waals surface area contributed by atoms with Crippen molar-refractivity contribution in [1.82, 2.24) is 10.2 Å². The Bertz CT molecular complexity index is 223. The maximum absolute atomic E-state index is 12.0. The molecule has 1 amide bonds. The molecule has 1 unspecified atom stereocenters. The van der Waals surface area contributed by atoms with Crippen molar-refractivity contribution in [3.8, 4) is 0 Å². The van der Waals surface area contributed by atoms with E-state index in [1.54, 1.807) is 0 Å². The number of nitrogens with one attached hydrogen (secondary N) is 1. The molecule has 1 N–H and O–H groups in total.